The first-order chi connectivity index (χ1) is 28.8. The highest BCUT2D eigenvalue weighted by atomic mass is 15.0. The van der Waals surface area contributed by atoms with Crippen molar-refractivity contribution in [2.75, 3.05) is 0 Å². The van der Waals surface area contributed by atoms with Gasteiger partial charge in [-0.2, -0.15) is 0 Å². The molecule has 0 saturated heterocycles. The average molecular weight is 740 g/mol. The topological polar surface area (TPSA) is 56.0 Å². The van der Waals surface area contributed by atoms with Gasteiger partial charge in [0.25, 0.3) is 0 Å². The molecular weight excluding hydrogens is 707 g/mol. The molecule has 2 aliphatic carbocycles. The molecule has 0 bridgehead atoms. The molecule has 0 N–H and O–H groups in total. The van der Waals surface area contributed by atoms with Crippen molar-refractivity contribution >= 4 is 5.65 Å². The average Bonchev–Trinajstić information content (AvgIpc) is 3.94. The van der Waals surface area contributed by atoms with E-state index in [9.17, 15) is 0 Å². The van der Waals surface area contributed by atoms with E-state index in [1.54, 1.807) is 0 Å². The van der Waals surface area contributed by atoms with Crippen molar-refractivity contribution in [3.05, 3.63) is 223 Å². The predicted octanol–water partition coefficient (Wildman–Crippen LogP) is 12.2. The van der Waals surface area contributed by atoms with Crippen LogP contribution in [-0.4, -0.2) is 24.3 Å². The predicted molar refractivity (Wildman–Crippen MR) is 232 cm³/mol. The summed E-state index contributed by atoms with van der Waals surface area (Å²) in [4.78, 5) is 21.0. The van der Waals surface area contributed by atoms with Gasteiger partial charge in [0.2, 0.25) is 0 Å². The summed E-state index contributed by atoms with van der Waals surface area (Å²) in [5.74, 6) is 1.83. The molecule has 0 radical (unpaired) electrons. The fourth-order valence-electron chi connectivity index (χ4n) is 9.51. The molecule has 7 aromatic carbocycles. The number of nitrogens with zero attached hydrogens (tertiary/aromatic N) is 5. The van der Waals surface area contributed by atoms with Crippen molar-refractivity contribution in [3.8, 4) is 78.9 Å². The molecule has 1 spiro atoms. The van der Waals surface area contributed by atoms with Gasteiger partial charge in [0, 0.05) is 34.0 Å². The molecule has 0 unspecified atom stereocenters. The van der Waals surface area contributed by atoms with E-state index in [1.807, 2.05) is 42.5 Å². The van der Waals surface area contributed by atoms with E-state index in [-0.39, 0.29) is 0 Å². The van der Waals surface area contributed by atoms with Gasteiger partial charge in [-0.15, -0.1) is 0 Å². The highest BCUT2D eigenvalue weighted by molar-refractivity contribution is 5.96. The zero-order chi connectivity index (χ0) is 38.2. The Balaban J connectivity index is 1.10. The number of hydrogen-bond donors (Lipinski definition) is 0. The van der Waals surface area contributed by atoms with Crippen LogP contribution < -0.4 is 0 Å². The van der Waals surface area contributed by atoms with Gasteiger partial charge in [-0.1, -0.05) is 176 Å². The maximum atomic E-state index is 5.38. The minimum Gasteiger partial charge on any atom is -0.299 e. The number of benzene rings is 7. The molecule has 5 nitrogen and oxygen atoms in total. The number of hydrogen-bond acceptors (Lipinski definition) is 4. The Labute approximate surface area is 335 Å². The van der Waals surface area contributed by atoms with Crippen molar-refractivity contribution in [2.24, 2.45) is 0 Å². The van der Waals surface area contributed by atoms with Crippen LogP contribution >= 0.6 is 0 Å². The van der Waals surface area contributed by atoms with Gasteiger partial charge >= 0.3 is 0 Å². The summed E-state index contributed by atoms with van der Waals surface area (Å²) in [5, 5.41) is 0. The molecule has 58 heavy (non-hydrogen) atoms. The Bertz CT molecular complexity index is 3170. The number of pyridine rings is 1. The van der Waals surface area contributed by atoms with Crippen LogP contribution in [0.25, 0.3) is 84.6 Å². The molecule has 0 fully saturated rings. The summed E-state index contributed by atoms with van der Waals surface area (Å²) in [6.07, 6.45) is 2.08. The first kappa shape index (κ1) is 32.5. The monoisotopic (exact) mass is 739 g/mol. The molecule has 10 aromatic rings. The summed E-state index contributed by atoms with van der Waals surface area (Å²) < 4.78 is 2.16. The fraction of sp³-hybridized carbons (Fsp3) is 0.0189. The lowest BCUT2D eigenvalue weighted by molar-refractivity contribution is 0.794. The molecule has 2 aliphatic rings. The zero-order valence-electron chi connectivity index (χ0n) is 31.3. The Hall–Kier alpha value is -7.76. The summed E-state index contributed by atoms with van der Waals surface area (Å²) in [5.41, 5.74) is 17.3. The highest BCUT2D eigenvalue weighted by Crippen LogP contribution is 2.63. The first-order valence-electron chi connectivity index (χ1n) is 19.7. The fourth-order valence-corrected chi connectivity index (χ4v) is 9.51. The van der Waals surface area contributed by atoms with Gasteiger partial charge in [-0.25, -0.2) is 19.9 Å². The molecule has 3 heterocycles. The van der Waals surface area contributed by atoms with Crippen LogP contribution in [0.4, 0.5) is 0 Å². The van der Waals surface area contributed by atoms with E-state index in [1.165, 1.54) is 44.5 Å². The normalized spacial score (nSPS) is 13.0. The second-order valence-electron chi connectivity index (χ2n) is 15.0. The maximum Gasteiger partial charge on any atom is 0.164 e. The molecule has 3 aromatic heterocycles. The van der Waals surface area contributed by atoms with E-state index in [4.69, 9.17) is 19.9 Å². The smallest absolute Gasteiger partial charge is 0.164 e. The summed E-state index contributed by atoms with van der Waals surface area (Å²) in [6, 6.07) is 68.6. The van der Waals surface area contributed by atoms with Crippen molar-refractivity contribution < 1.29 is 0 Å². The van der Waals surface area contributed by atoms with Crippen LogP contribution in [0, 0.1) is 0 Å². The Morgan fingerprint density at radius 2 is 0.810 bits per heavy atom. The van der Waals surface area contributed by atoms with Crippen LogP contribution in [0.2, 0.25) is 0 Å². The van der Waals surface area contributed by atoms with Crippen molar-refractivity contribution in [1.29, 1.82) is 0 Å². The standard InChI is InChI=1S/C53H33N5/c1-3-17-34(18-4-1)48-49(58-32-16-15-29-47(58)54-48)41-24-7-8-25-42(41)52-56-50(35-19-5-2-6-20-35)55-51(57-52)36-30-31-40-39-23-11-14-28-45(39)53(46(40)33-36)43-26-12-9-21-37(43)38-22-10-13-27-44(38)53/h1-33H. The van der Waals surface area contributed by atoms with Crippen LogP contribution in [0.3, 0.4) is 0 Å². The van der Waals surface area contributed by atoms with Crippen LogP contribution in [0.15, 0.2) is 200 Å². The van der Waals surface area contributed by atoms with E-state index in [0.29, 0.717) is 17.5 Å². The van der Waals surface area contributed by atoms with Crippen LogP contribution in [0.5, 0.6) is 0 Å². The lowest BCUT2D eigenvalue weighted by Crippen LogP contribution is -2.25. The summed E-state index contributed by atoms with van der Waals surface area (Å²) >= 11 is 0. The minimum atomic E-state index is -0.475. The third-order valence-electron chi connectivity index (χ3n) is 11.9. The second-order valence-corrected chi connectivity index (χ2v) is 15.0. The highest BCUT2D eigenvalue weighted by Gasteiger charge is 2.51. The molecule has 12 rings (SSSR count). The molecular formula is C53H33N5. The van der Waals surface area contributed by atoms with E-state index < -0.39 is 5.41 Å². The molecule has 0 amide bonds. The number of aromatic nitrogens is 5. The van der Waals surface area contributed by atoms with E-state index in [2.05, 4.69) is 162 Å². The number of imidazole rings is 1. The first-order valence-corrected chi connectivity index (χ1v) is 19.7. The Kier molecular flexibility index (Phi) is 7.07. The minimum absolute atomic E-state index is 0.475. The van der Waals surface area contributed by atoms with E-state index in [0.717, 1.165) is 44.9 Å². The Morgan fingerprint density at radius 3 is 1.45 bits per heavy atom. The zero-order valence-corrected chi connectivity index (χ0v) is 31.3. The lowest BCUT2D eigenvalue weighted by atomic mass is 9.70. The number of rotatable bonds is 5. The lowest BCUT2D eigenvalue weighted by Gasteiger charge is -2.30. The largest absolute Gasteiger partial charge is 0.299 e. The SMILES string of the molecule is c1ccc(-c2nc(-c3ccc4c(c3)C3(c5ccccc5-c5ccccc53)c3ccccc3-4)nc(-c3ccccc3-c3c(-c4ccccc4)nc4ccccn34)n2)cc1. The van der Waals surface area contributed by atoms with Gasteiger partial charge in [0.15, 0.2) is 17.5 Å². The van der Waals surface area contributed by atoms with Crippen LogP contribution in [0.1, 0.15) is 22.3 Å². The summed E-state index contributed by atoms with van der Waals surface area (Å²) in [6.45, 7) is 0. The molecule has 0 aliphatic heterocycles. The van der Waals surface area contributed by atoms with Gasteiger partial charge in [-0.3, -0.25) is 4.40 Å². The second kappa shape index (κ2) is 12.6. The number of fused-ring (bicyclic) bond motifs is 11. The van der Waals surface area contributed by atoms with Gasteiger partial charge in [0.05, 0.1) is 16.8 Å². The third kappa shape index (κ3) is 4.64. The van der Waals surface area contributed by atoms with Crippen LogP contribution in [-0.2, 0) is 5.41 Å². The van der Waals surface area contributed by atoms with Crippen molar-refractivity contribution in [2.45, 2.75) is 5.41 Å². The molecule has 270 valence electrons. The third-order valence-corrected chi connectivity index (χ3v) is 11.9. The van der Waals surface area contributed by atoms with Gasteiger partial charge in [0.1, 0.15) is 5.65 Å². The van der Waals surface area contributed by atoms with E-state index >= 15 is 0 Å². The summed E-state index contributed by atoms with van der Waals surface area (Å²) in [7, 11) is 0. The molecule has 0 saturated carbocycles. The quantitative estimate of drug-likeness (QED) is 0.176. The molecule has 5 heteroatoms. The van der Waals surface area contributed by atoms with Gasteiger partial charge < -0.3 is 0 Å². The van der Waals surface area contributed by atoms with Crippen molar-refractivity contribution in [1.82, 2.24) is 24.3 Å². The Morgan fingerprint density at radius 1 is 0.328 bits per heavy atom. The van der Waals surface area contributed by atoms with Crippen molar-refractivity contribution in [3.63, 3.8) is 0 Å². The van der Waals surface area contributed by atoms with Gasteiger partial charge in [-0.05, 0) is 62.7 Å². The maximum absolute atomic E-state index is 5.38. The molecule has 0 atom stereocenters.